The van der Waals surface area contributed by atoms with E-state index in [2.05, 4.69) is 25.3 Å². The number of carbonyl (C=O) groups is 2. The van der Waals surface area contributed by atoms with Crippen molar-refractivity contribution in [2.45, 2.75) is 46.6 Å². The first-order chi connectivity index (χ1) is 15.8. The molecule has 0 N–H and O–H groups in total. The molecule has 0 saturated carbocycles. The Morgan fingerprint density at radius 1 is 1.15 bits per heavy atom. The summed E-state index contributed by atoms with van der Waals surface area (Å²) >= 11 is 1.72. The van der Waals surface area contributed by atoms with Gasteiger partial charge in [0, 0.05) is 23.9 Å². The molecule has 2 aromatic rings. The Labute approximate surface area is 201 Å². The van der Waals surface area contributed by atoms with E-state index >= 15 is 0 Å². The number of benzene rings is 1. The Hall–Kier alpha value is -2.54. The first kappa shape index (κ1) is 25.1. The van der Waals surface area contributed by atoms with Crippen molar-refractivity contribution in [2.24, 2.45) is 11.8 Å². The van der Waals surface area contributed by atoms with Gasteiger partial charge in [-0.3, -0.25) is 9.59 Å². The molecule has 0 bridgehead atoms. The lowest BCUT2D eigenvalue weighted by Gasteiger charge is -2.37. The highest BCUT2D eigenvalue weighted by Crippen LogP contribution is 2.35. The zero-order valence-corrected chi connectivity index (χ0v) is 21.2. The lowest BCUT2D eigenvalue weighted by molar-refractivity contribution is -0.144. The molecule has 1 aliphatic heterocycles. The van der Waals surface area contributed by atoms with Gasteiger partial charge >= 0.3 is 0 Å². The molecule has 1 aromatic heterocycles. The van der Waals surface area contributed by atoms with Crippen LogP contribution in [0.1, 0.15) is 50.6 Å². The van der Waals surface area contributed by atoms with E-state index in [4.69, 9.17) is 9.47 Å². The van der Waals surface area contributed by atoms with E-state index in [0.29, 0.717) is 37.1 Å². The van der Waals surface area contributed by atoms with Gasteiger partial charge < -0.3 is 19.3 Å². The molecular formula is C26H36N2O4S. The minimum atomic E-state index is -0.196. The van der Waals surface area contributed by atoms with Gasteiger partial charge in [0.25, 0.3) is 0 Å². The third-order valence-corrected chi connectivity index (χ3v) is 6.99. The SMILES string of the molecule is COc1ccccc1OC[C@H]1c2ccsc2CCN1C(=O)CN(CCC(C)C)C(=O)C(C)C. The van der Waals surface area contributed by atoms with Crippen LogP contribution >= 0.6 is 11.3 Å². The summed E-state index contributed by atoms with van der Waals surface area (Å²) in [5.41, 5.74) is 1.14. The van der Waals surface area contributed by atoms with Crippen LogP contribution < -0.4 is 9.47 Å². The molecule has 2 amide bonds. The second kappa shape index (κ2) is 11.5. The molecule has 0 saturated heterocycles. The Kier molecular flexibility index (Phi) is 8.78. The Balaban J connectivity index is 1.78. The van der Waals surface area contributed by atoms with E-state index in [1.807, 2.05) is 43.0 Å². The van der Waals surface area contributed by atoms with Gasteiger partial charge in [-0.2, -0.15) is 0 Å². The van der Waals surface area contributed by atoms with Crippen LogP contribution in [0.2, 0.25) is 0 Å². The average Bonchev–Trinajstić information content (AvgIpc) is 3.28. The van der Waals surface area contributed by atoms with Crippen LogP contribution in [0.15, 0.2) is 35.7 Å². The summed E-state index contributed by atoms with van der Waals surface area (Å²) < 4.78 is 11.6. The van der Waals surface area contributed by atoms with Crippen molar-refractivity contribution in [2.75, 3.05) is 33.4 Å². The van der Waals surface area contributed by atoms with Crippen LogP contribution in [-0.2, 0) is 16.0 Å². The number of fused-ring (bicyclic) bond motifs is 1. The predicted octanol–water partition coefficient (Wildman–Crippen LogP) is 4.79. The first-order valence-corrected chi connectivity index (χ1v) is 12.6. The van der Waals surface area contributed by atoms with Crippen molar-refractivity contribution in [3.05, 3.63) is 46.2 Å². The molecule has 2 heterocycles. The average molecular weight is 473 g/mol. The number of carbonyl (C=O) groups excluding carboxylic acids is 2. The number of para-hydroxylation sites is 2. The smallest absolute Gasteiger partial charge is 0.242 e. The zero-order chi connectivity index (χ0) is 24.0. The van der Waals surface area contributed by atoms with Gasteiger partial charge in [-0.15, -0.1) is 11.3 Å². The van der Waals surface area contributed by atoms with Crippen molar-refractivity contribution < 1.29 is 19.1 Å². The molecule has 0 aliphatic carbocycles. The van der Waals surface area contributed by atoms with Crippen molar-refractivity contribution in [1.29, 1.82) is 0 Å². The molecule has 1 aromatic carbocycles. The number of hydrogen-bond donors (Lipinski definition) is 0. The molecule has 3 rings (SSSR count). The summed E-state index contributed by atoms with van der Waals surface area (Å²) in [5, 5.41) is 2.08. The van der Waals surface area contributed by atoms with E-state index in [9.17, 15) is 9.59 Å². The summed E-state index contributed by atoms with van der Waals surface area (Å²) in [6, 6.07) is 9.43. The van der Waals surface area contributed by atoms with E-state index in [1.54, 1.807) is 23.3 Å². The maximum atomic E-state index is 13.5. The van der Waals surface area contributed by atoms with Gasteiger partial charge in [0.15, 0.2) is 11.5 Å². The fraction of sp³-hybridized carbons (Fsp3) is 0.538. The Bertz CT molecular complexity index is 940. The summed E-state index contributed by atoms with van der Waals surface area (Å²) in [7, 11) is 1.62. The lowest BCUT2D eigenvalue weighted by Crippen LogP contribution is -2.48. The molecule has 0 radical (unpaired) electrons. The Morgan fingerprint density at radius 2 is 1.88 bits per heavy atom. The summed E-state index contributed by atoms with van der Waals surface area (Å²) in [6.07, 6.45) is 1.70. The third kappa shape index (κ3) is 6.28. The van der Waals surface area contributed by atoms with Crippen LogP contribution in [0.4, 0.5) is 0 Å². The monoisotopic (exact) mass is 472 g/mol. The van der Waals surface area contributed by atoms with Gasteiger partial charge in [-0.05, 0) is 47.9 Å². The normalized spacial score (nSPS) is 15.5. The molecule has 33 heavy (non-hydrogen) atoms. The largest absolute Gasteiger partial charge is 0.493 e. The minimum absolute atomic E-state index is 0.0269. The van der Waals surface area contributed by atoms with Crippen molar-refractivity contribution in [1.82, 2.24) is 9.80 Å². The maximum Gasteiger partial charge on any atom is 0.242 e. The molecule has 7 heteroatoms. The number of rotatable bonds is 10. The number of thiophene rings is 1. The van der Waals surface area contributed by atoms with Crippen LogP contribution in [0.5, 0.6) is 11.5 Å². The van der Waals surface area contributed by atoms with Crippen molar-refractivity contribution >= 4 is 23.2 Å². The van der Waals surface area contributed by atoms with Crippen molar-refractivity contribution in [3.63, 3.8) is 0 Å². The van der Waals surface area contributed by atoms with E-state index in [-0.39, 0.29) is 30.3 Å². The number of ether oxygens (including phenoxy) is 2. The van der Waals surface area contributed by atoms with E-state index < -0.39 is 0 Å². The molecule has 0 fully saturated rings. The van der Waals surface area contributed by atoms with Gasteiger partial charge in [0.05, 0.1) is 19.7 Å². The highest BCUT2D eigenvalue weighted by atomic mass is 32.1. The van der Waals surface area contributed by atoms with Gasteiger partial charge in [0.2, 0.25) is 11.8 Å². The van der Waals surface area contributed by atoms with E-state index in [1.165, 1.54) is 4.88 Å². The zero-order valence-electron chi connectivity index (χ0n) is 20.4. The molecule has 6 nitrogen and oxygen atoms in total. The summed E-state index contributed by atoms with van der Waals surface area (Å²) in [4.78, 5) is 31.2. The topological polar surface area (TPSA) is 59.1 Å². The second-order valence-corrected chi connectivity index (χ2v) is 10.2. The number of amides is 2. The minimum Gasteiger partial charge on any atom is -0.493 e. The third-order valence-electron chi connectivity index (χ3n) is 5.99. The number of nitrogens with zero attached hydrogens (tertiary/aromatic N) is 2. The van der Waals surface area contributed by atoms with Crippen LogP contribution in [-0.4, -0.2) is 55.0 Å². The highest BCUT2D eigenvalue weighted by molar-refractivity contribution is 7.10. The molecular weight excluding hydrogens is 436 g/mol. The summed E-state index contributed by atoms with van der Waals surface area (Å²) in [5.74, 6) is 1.65. The van der Waals surface area contributed by atoms with Gasteiger partial charge in [-0.25, -0.2) is 0 Å². The first-order valence-electron chi connectivity index (χ1n) is 11.7. The fourth-order valence-corrected chi connectivity index (χ4v) is 5.01. The van der Waals surface area contributed by atoms with Gasteiger partial charge in [-0.1, -0.05) is 39.8 Å². The quantitative estimate of drug-likeness (QED) is 0.499. The Morgan fingerprint density at radius 3 is 2.55 bits per heavy atom. The van der Waals surface area contributed by atoms with Gasteiger partial charge in [0.1, 0.15) is 6.61 Å². The lowest BCUT2D eigenvalue weighted by atomic mass is 10.00. The van der Waals surface area contributed by atoms with Crippen molar-refractivity contribution in [3.8, 4) is 11.5 Å². The van der Waals surface area contributed by atoms with Crippen LogP contribution in [0, 0.1) is 11.8 Å². The maximum absolute atomic E-state index is 13.5. The number of hydrogen-bond acceptors (Lipinski definition) is 5. The predicted molar refractivity (Wildman–Crippen MR) is 132 cm³/mol. The van der Waals surface area contributed by atoms with E-state index in [0.717, 1.165) is 18.4 Å². The fourth-order valence-electron chi connectivity index (χ4n) is 4.08. The number of methoxy groups -OCH3 is 1. The summed E-state index contributed by atoms with van der Waals surface area (Å²) in [6.45, 7) is 9.70. The van der Waals surface area contributed by atoms with Crippen LogP contribution in [0.3, 0.4) is 0 Å². The second-order valence-electron chi connectivity index (χ2n) is 9.21. The van der Waals surface area contributed by atoms with Crippen LogP contribution in [0.25, 0.3) is 0 Å². The standard InChI is InChI=1S/C26H36N2O4S/c1-18(2)10-13-27(26(30)19(3)4)16-25(29)28-14-11-24-20(12-15-33-24)21(28)17-32-23-9-7-6-8-22(23)31-5/h6-9,12,15,18-19,21H,10-11,13-14,16-17H2,1-5H3/t21-/m0/s1. The molecule has 0 spiro atoms. The highest BCUT2D eigenvalue weighted by Gasteiger charge is 2.34. The molecule has 1 aliphatic rings. The molecule has 0 unspecified atom stereocenters. The molecule has 180 valence electrons. The molecule has 1 atom stereocenters.